The predicted molar refractivity (Wildman–Crippen MR) is 97.1 cm³/mol. The molecule has 1 amide bonds. The highest BCUT2D eigenvalue weighted by molar-refractivity contribution is 7.89. The van der Waals surface area contributed by atoms with Crippen LogP contribution in [0.4, 0.5) is 0 Å². The van der Waals surface area contributed by atoms with Crippen LogP contribution in [0, 0.1) is 0 Å². The Morgan fingerprint density at radius 1 is 1.33 bits per heavy atom. The molecule has 1 aromatic carbocycles. The normalized spacial score (nSPS) is 14.7. The van der Waals surface area contributed by atoms with Crippen molar-refractivity contribution in [1.82, 2.24) is 15.4 Å². The van der Waals surface area contributed by atoms with E-state index in [2.05, 4.69) is 21.4 Å². The van der Waals surface area contributed by atoms with Crippen LogP contribution in [0.25, 0.3) is 0 Å². The number of rotatable bonds is 6. The van der Waals surface area contributed by atoms with Crippen LogP contribution in [0.15, 0.2) is 40.8 Å². The van der Waals surface area contributed by atoms with Crippen LogP contribution in [0.2, 0.25) is 0 Å². The molecule has 0 bridgehead atoms. The van der Waals surface area contributed by atoms with Gasteiger partial charge in [-0.25, -0.2) is 13.1 Å². The van der Waals surface area contributed by atoms with Crippen molar-refractivity contribution in [3.8, 4) is 0 Å². The number of halogens is 1. The summed E-state index contributed by atoms with van der Waals surface area (Å²) in [5.74, 6) is -0.272. The predicted octanol–water partition coefficient (Wildman–Crippen LogP) is 1.44. The van der Waals surface area contributed by atoms with Crippen molar-refractivity contribution in [3.05, 3.63) is 41.5 Å². The Labute approximate surface area is 149 Å². The molecule has 0 aromatic heterocycles. The van der Waals surface area contributed by atoms with E-state index in [0.29, 0.717) is 12.1 Å². The molecule has 3 N–H and O–H groups in total. The van der Waals surface area contributed by atoms with E-state index in [1.54, 1.807) is 26.0 Å². The Bertz CT molecular complexity index is 702. The molecule has 0 radical (unpaired) electrons. The maximum Gasteiger partial charge on any atom is 0.251 e. The van der Waals surface area contributed by atoms with Crippen molar-refractivity contribution in [2.45, 2.75) is 31.2 Å². The number of carbonyl (C=O) groups excluding carboxylic acids is 1. The summed E-state index contributed by atoms with van der Waals surface area (Å²) in [7, 11) is -3.60. The fraction of sp³-hybridized carbons (Fsp3) is 0.438. The molecule has 1 aromatic rings. The Hall–Kier alpha value is -1.41. The van der Waals surface area contributed by atoms with Crippen LogP contribution in [0.3, 0.4) is 0 Å². The molecule has 0 fully saturated rings. The molecule has 1 aliphatic rings. The maximum atomic E-state index is 12.2. The van der Waals surface area contributed by atoms with Gasteiger partial charge in [-0.2, -0.15) is 0 Å². The summed E-state index contributed by atoms with van der Waals surface area (Å²) >= 11 is 0. The zero-order chi connectivity index (χ0) is 16.9. The average Bonchev–Trinajstić information content (AvgIpc) is 2.52. The lowest BCUT2D eigenvalue weighted by atomic mass is 10.1. The van der Waals surface area contributed by atoms with Gasteiger partial charge in [-0.3, -0.25) is 4.79 Å². The van der Waals surface area contributed by atoms with Gasteiger partial charge in [0.2, 0.25) is 10.0 Å². The molecular weight excluding hydrogens is 350 g/mol. The van der Waals surface area contributed by atoms with E-state index in [1.807, 2.05) is 0 Å². The molecule has 0 saturated heterocycles. The highest BCUT2D eigenvalue weighted by atomic mass is 35.5. The van der Waals surface area contributed by atoms with Crippen LogP contribution in [0.1, 0.15) is 30.6 Å². The lowest BCUT2D eigenvalue weighted by Crippen LogP contribution is -2.31. The van der Waals surface area contributed by atoms with Crippen LogP contribution < -0.4 is 15.4 Å². The van der Waals surface area contributed by atoms with E-state index in [4.69, 9.17) is 0 Å². The monoisotopic (exact) mass is 373 g/mol. The summed E-state index contributed by atoms with van der Waals surface area (Å²) in [4.78, 5) is 12.3. The lowest BCUT2D eigenvalue weighted by molar-refractivity contribution is 0.0956. The van der Waals surface area contributed by atoms with Crippen LogP contribution in [-0.4, -0.2) is 40.0 Å². The average molecular weight is 374 g/mol. The topological polar surface area (TPSA) is 87.3 Å². The van der Waals surface area contributed by atoms with Gasteiger partial charge in [0.15, 0.2) is 0 Å². The van der Waals surface area contributed by atoms with E-state index in [-0.39, 0.29) is 29.3 Å². The largest absolute Gasteiger partial charge is 0.348 e. The van der Waals surface area contributed by atoms with Crippen molar-refractivity contribution in [2.75, 3.05) is 19.6 Å². The van der Waals surface area contributed by atoms with E-state index in [9.17, 15) is 13.2 Å². The summed E-state index contributed by atoms with van der Waals surface area (Å²) in [6.45, 7) is 5.72. The number of amides is 1. The first-order valence-corrected chi connectivity index (χ1v) is 9.16. The Kier molecular flexibility index (Phi) is 7.89. The first-order chi connectivity index (χ1) is 10.9. The van der Waals surface area contributed by atoms with Crippen LogP contribution >= 0.6 is 12.4 Å². The van der Waals surface area contributed by atoms with Gasteiger partial charge >= 0.3 is 0 Å². The summed E-state index contributed by atoms with van der Waals surface area (Å²) in [5, 5.41) is 6.05. The molecular formula is C16H24ClN3O3S. The number of carbonyl (C=O) groups is 1. The van der Waals surface area contributed by atoms with Crippen molar-refractivity contribution in [2.24, 2.45) is 0 Å². The SMILES string of the molecule is CC(C)NS(=O)(=O)c1cccc(C(=O)NCC2=CCNCC2)c1.Cl. The highest BCUT2D eigenvalue weighted by Crippen LogP contribution is 2.12. The zero-order valence-electron chi connectivity index (χ0n) is 13.8. The van der Waals surface area contributed by atoms with Gasteiger partial charge in [-0.1, -0.05) is 17.7 Å². The number of sulfonamides is 1. The minimum atomic E-state index is -3.60. The summed E-state index contributed by atoms with van der Waals surface area (Å²) in [6, 6.07) is 5.87. The second kappa shape index (κ2) is 9.17. The Morgan fingerprint density at radius 3 is 2.71 bits per heavy atom. The van der Waals surface area contributed by atoms with Gasteiger partial charge in [-0.15, -0.1) is 12.4 Å². The third kappa shape index (κ3) is 5.90. The zero-order valence-corrected chi connectivity index (χ0v) is 15.5. The molecule has 0 saturated carbocycles. The van der Waals surface area contributed by atoms with E-state index < -0.39 is 10.0 Å². The summed E-state index contributed by atoms with van der Waals surface area (Å²) in [6.07, 6.45) is 2.98. The number of hydrogen-bond donors (Lipinski definition) is 3. The van der Waals surface area contributed by atoms with Crippen molar-refractivity contribution in [1.29, 1.82) is 0 Å². The van der Waals surface area contributed by atoms with E-state index in [0.717, 1.165) is 19.5 Å². The molecule has 0 aliphatic carbocycles. The second-order valence-corrected chi connectivity index (χ2v) is 7.52. The molecule has 8 heteroatoms. The first kappa shape index (κ1) is 20.6. The van der Waals surface area contributed by atoms with Crippen molar-refractivity contribution >= 4 is 28.3 Å². The molecule has 2 rings (SSSR count). The number of nitrogens with one attached hydrogen (secondary N) is 3. The molecule has 1 aliphatic heterocycles. The third-order valence-electron chi connectivity index (χ3n) is 3.43. The summed E-state index contributed by atoms with van der Waals surface area (Å²) in [5.41, 5.74) is 1.52. The standard InChI is InChI=1S/C16H23N3O3S.ClH/c1-12(2)19-23(21,22)15-5-3-4-14(10-15)16(20)18-11-13-6-8-17-9-7-13;/h3-6,10,12,17,19H,7-9,11H2,1-2H3,(H,18,20);1H. The third-order valence-corrected chi connectivity index (χ3v) is 5.09. The second-order valence-electron chi connectivity index (χ2n) is 5.80. The van der Waals surface area contributed by atoms with Gasteiger partial charge in [-0.05, 0) is 45.0 Å². The molecule has 0 atom stereocenters. The molecule has 24 heavy (non-hydrogen) atoms. The molecule has 0 unspecified atom stereocenters. The Morgan fingerprint density at radius 2 is 2.08 bits per heavy atom. The van der Waals surface area contributed by atoms with Gasteiger partial charge in [0.25, 0.3) is 5.91 Å². The minimum Gasteiger partial charge on any atom is -0.348 e. The van der Waals surface area contributed by atoms with Gasteiger partial charge < -0.3 is 10.6 Å². The minimum absolute atomic E-state index is 0. The lowest BCUT2D eigenvalue weighted by Gasteiger charge is -2.15. The molecule has 6 nitrogen and oxygen atoms in total. The van der Waals surface area contributed by atoms with Crippen molar-refractivity contribution < 1.29 is 13.2 Å². The maximum absolute atomic E-state index is 12.2. The van der Waals surface area contributed by atoms with Crippen LogP contribution in [-0.2, 0) is 10.0 Å². The molecule has 1 heterocycles. The number of benzene rings is 1. The van der Waals surface area contributed by atoms with E-state index >= 15 is 0 Å². The smallest absolute Gasteiger partial charge is 0.251 e. The van der Waals surface area contributed by atoms with Gasteiger partial charge in [0.1, 0.15) is 0 Å². The molecule has 134 valence electrons. The van der Waals surface area contributed by atoms with Gasteiger partial charge in [0, 0.05) is 24.7 Å². The Balaban J connectivity index is 0.00000288. The highest BCUT2D eigenvalue weighted by Gasteiger charge is 2.17. The fourth-order valence-electron chi connectivity index (χ4n) is 2.31. The first-order valence-electron chi connectivity index (χ1n) is 7.68. The summed E-state index contributed by atoms with van der Waals surface area (Å²) < 4.78 is 26.8. The van der Waals surface area contributed by atoms with E-state index in [1.165, 1.54) is 17.7 Å². The quantitative estimate of drug-likeness (QED) is 0.658. The molecule has 0 spiro atoms. The fourth-order valence-corrected chi connectivity index (χ4v) is 3.61. The van der Waals surface area contributed by atoms with Crippen LogP contribution in [0.5, 0.6) is 0 Å². The van der Waals surface area contributed by atoms with Crippen molar-refractivity contribution in [3.63, 3.8) is 0 Å². The number of hydrogen-bond acceptors (Lipinski definition) is 4. The van der Waals surface area contributed by atoms with Gasteiger partial charge in [0.05, 0.1) is 4.90 Å².